The minimum atomic E-state index is 0. The molecule has 0 aromatic rings. The van der Waals surface area contributed by atoms with Gasteiger partial charge in [0.2, 0.25) is 0 Å². The van der Waals surface area contributed by atoms with Crippen LogP contribution >= 0.6 is 9.12 Å². The Hall–Kier alpha value is 1.10. The zero-order valence-corrected chi connectivity index (χ0v) is 5.15. The van der Waals surface area contributed by atoms with Gasteiger partial charge in [-0.3, -0.25) is 0 Å². The first-order valence-corrected chi connectivity index (χ1v) is 0.548. The minimum Gasteiger partial charge on any atom is -1.00 e. The summed E-state index contributed by atoms with van der Waals surface area (Å²) in [6.07, 6.45) is 0. The summed E-state index contributed by atoms with van der Waals surface area (Å²) < 4.78 is 7.94. The Kier molecular flexibility index (Phi) is 510. The Labute approximate surface area is 51.4 Å². The molecule has 0 bridgehead atoms. The van der Waals surface area contributed by atoms with Crippen LogP contribution in [0.4, 0.5) is 0 Å². The van der Waals surface area contributed by atoms with Gasteiger partial charge in [0, 0.05) is 0 Å². The second-order valence-electron chi connectivity index (χ2n) is 0. The molecule has 0 aliphatic rings. The van der Waals surface area contributed by atoms with Gasteiger partial charge < -0.3 is 37.2 Å². The van der Waals surface area contributed by atoms with E-state index in [0.29, 0.717) is 0 Å². The molecule has 0 spiro atoms. The molecular formula is Cl3OP. The number of hydrogen-bond donors (Lipinski definition) is 0. The number of halogens is 3. The van der Waals surface area contributed by atoms with Gasteiger partial charge in [-0.25, -0.2) is 0 Å². The van der Waals surface area contributed by atoms with Crippen LogP contribution in [0, 0.1) is 0 Å². The van der Waals surface area contributed by atoms with Gasteiger partial charge in [-0.1, -0.05) is 0 Å². The summed E-state index contributed by atoms with van der Waals surface area (Å²) in [5.74, 6) is 0. The Bertz CT molecular complexity index is 6.85. The van der Waals surface area contributed by atoms with E-state index >= 15 is 0 Å². The van der Waals surface area contributed by atoms with E-state index in [1.165, 1.54) is 0 Å². The molecule has 1 nitrogen and oxygen atoms in total. The molecule has 0 aromatic carbocycles. The Morgan fingerprint density at radius 2 is 0.800 bits per heavy atom. The average Bonchev–Trinajstić information content (AvgIpc) is 1.00. The molecule has 0 N–H and O–H groups in total. The summed E-state index contributed by atoms with van der Waals surface area (Å²) in [7, 11) is 2.28. The maximum Gasteiger partial charge on any atom is -1.00 e. The first-order chi connectivity index (χ1) is 1.00. The van der Waals surface area contributed by atoms with Crippen molar-refractivity contribution in [1.82, 2.24) is 0 Å². The Balaban J connectivity index is -0.00000000167. The molecule has 0 aliphatic heterocycles. The summed E-state index contributed by atoms with van der Waals surface area (Å²) in [5, 5.41) is 0. The van der Waals surface area contributed by atoms with Crippen LogP contribution in [-0.4, -0.2) is 0 Å². The van der Waals surface area contributed by atoms with Crippen LogP contribution in [0.15, 0.2) is 0 Å². The third-order valence-corrected chi connectivity index (χ3v) is 0. The summed E-state index contributed by atoms with van der Waals surface area (Å²) in [6, 6.07) is 0. The van der Waals surface area contributed by atoms with Crippen molar-refractivity contribution in [1.29, 1.82) is 0 Å². The van der Waals surface area contributed by atoms with Gasteiger partial charge in [0.15, 0.2) is 0 Å². The predicted octanol–water partition coefficient (Wildman–Crippen LogP) is -8.25. The molecule has 0 rings (SSSR count). The average molecular weight is 153 g/mol. The Morgan fingerprint density at radius 3 is 0.800 bits per heavy atom. The summed E-state index contributed by atoms with van der Waals surface area (Å²) >= 11 is 0. The quantitative estimate of drug-likeness (QED) is 0.316. The van der Waals surface area contributed by atoms with Gasteiger partial charge in [0.05, 0.1) is 0 Å². The zero-order valence-electron chi connectivity index (χ0n) is 1.99. The van der Waals surface area contributed by atoms with Crippen LogP contribution in [0.25, 0.3) is 0 Å². The third kappa shape index (κ3) is 40.5. The molecule has 5 heteroatoms. The van der Waals surface area contributed by atoms with E-state index in [2.05, 4.69) is 9.12 Å². The van der Waals surface area contributed by atoms with Crippen molar-refractivity contribution in [3.63, 3.8) is 0 Å². The molecular weight excluding hydrogens is 153 g/mol. The molecule has 0 atom stereocenters. The minimum absolute atomic E-state index is 0. The molecule has 0 aromatic heterocycles. The molecule has 0 unspecified atom stereocenters. The van der Waals surface area contributed by atoms with Crippen LogP contribution in [0.2, 0.25) is 0 Å². The molecule has 0 saturated carbocycles. The monoisotopic (exact) mass is 152 g/mol. The van der Waals surface area contributed by atoms with Crippen molar-refractivity contribution in [2.45, 2.75) is 0 Å². The largest absolute Gasteiger partial charge is 1.00 e. The van der Waals surface area contributed by atoms with Crippen LogP contribution in [-0.2, 0) is 4.57 Å². The molecule has 0 amide bonds. The maximum atomic E-state index is 7.94. The van der Waals surface area contributed by atoms with Crippen LogP contribution in [0.1, 0.15) is 0 Å². The molecule has 0 fully saturated rings. The standard InChI is InChI=1S/3ClH.OP/c;;;1-2/h3*1H;/q;;;+3/p-3. The number of rotatable bonds is 0. The second-order valence-corrected chi connectivity index (χ2v) is 0. The fraction of sp³-hybridized carbons (Fsp3) is 0. The van der Waals surface area contributed by atoms with Crippen LogP contribution in [0.3, 0.4) is 0 Å². The summed E-state index contributed by atoms with van der Waals surface area (Å²) in [4.78, 5) is 0. The van der Waals surface area contributed by atoms with Crippen molar-refractivity contribution in [3.05, 3.63) is 0 Å². The molecule has 5 heavy (non-hydrogen) atoms. The molecule has 0 aliphatic carbocycles. The molecule has 0 radical (unpaired) electrons. The van der Waals surface area contributed by atoms with Gasteiger partial charge >= 0.3 is 13.7 Å². The van der Waals surface area contributed by atoms with Gasteiger partial charge in [-0.15, -0.1) is 0 Å². The first kappa shape index (κ1) is 36.0. The fourth-order valence-corrected chi connectivity index (χ4v) is 0. The third-order valence-electron chi connectivity index (χ3n) is 0. The van der Waals surface area contributed by atoms with Gasteiger partial charge in [0.25, 0.3) is 0 Å². The van der Waals surface area contributed by atoms with Crippen molar-refractivity contribution >= 4 is 9.12 Å². The van der Waals surface area contributed by atoms with Gasteiger partial charge in [-0.05, 0) is 0 Å². The maximum absolute atomic E-state index is 7.94. The van der Waals surface area contributed by atoms with Gasteiger partial charge in [0.1, 0.15) is 0 Å². The summed E-state index contributed by atoms with van der Waals surface area (Å²) in [6.45, 7) is 0. The van der Waals surface area contributed by atoms with E-state index in [1.54, 1.807) is 0 Å². The normalized spacial score (nSPS) is 1.20. The van der Waals surface area contributed by atoms with Crippen molar-refractivity contribution in [3.8, 4) is 0 Å². The summed E-state index contributed by atoms with van der Waals surface area (Å²) in [5.41, 5.74) is 0. The van der Waals surface area contributed by atoms with Crippen molar-refractivity contribution in [2.75, 3.05) is 0 Å². The van der Waals surface area contributed by atoms with Crippen LogP contribution < -0.4 is 37.2 Å². The first-order valence-electron chi connectivity index (χ1n) is 0.183. The van der Waals surface area contributed by atoms with Crippen molar-refractivity contribution < 1.29 is 41.8 Å². The van der Waals surface area contributed by atoms with E-state index in [1.807, 2.05) is 0 Å². The number of hydrogen-bond acceptors (Lipinski definition) is 1. The topological polar surface area (TPSA) is 17.1 Å². The van der Waals surface area contributed by atoms with E-state index in [0.717, 1.165) is 0 Å². The molecule has 0 saturated heterocycles. The van der Waals surface area contributed by atoms with Crippen molar-refractivity contribution in [2.24, 2.45) is 0 Å². The second kappa shape index (κ2) is 70.9. The Morgan fingerprint density at radius 1 is 0.800 bits per heavy atom. The zero-order chi connectivity index (χ0) is 2.00. The smallest absolute Gasteiger partial charge is 1.00 e. The van der Waals surface area contributed by atoms with E-state index in [-0.39, 0.29) is 37.2 Å². The van der Waals surface area contributed by atoms with Crippen LogP contribution in [0.5, 0.6) is 0 Å². The van der Waals surface area contributed by atoms with Gasteiger partial charge in [-0.2, -0.15) is 0 Å². The predicted molar refractivity (Wildman–Crippen MR) is 7.61 cm³/mol. The van der Waals surface area contributed by atoms with E-state index in [4.69, 9.17) is 4.57 Å². The molecule has 0 heterocycles. The van der Waals surface area contributed by atoms with E-state index < -0.39 is 0 Å². The molecule has 32 valence electrons. The fourth-order valence-electron chi connectivity index (χ4n) is 0. The SMILES string of the molecule is O=[P+3].[Cl-].[Cl-].[Cl-]. The van der Waals surface area contributed by atoms with E-state index in [9.17, 15) is 0 Å².